The quantitative estimate of drug-likeness (QED) is 0.336. The van der Waals surface area contributed by atoms with Crippen LogP contribution in [0.2, 0.25) is 0 Å². The second-order valence-electron chi connectivity index (χ2n) is 7.90. The number of aryl methyl sites for hydroxylation is 3. The van der Waals surface area contributed by atoms with Crippen molar-refractivity contribution in [2.75, 3.05) is 0 Å². The molecule has 0 amide bonds. The van der Waals surface area contributed by atoms with E-state index in [9.17, 15) is 0 Å². The van der Waals surface area contributed by atoms with E-state index < -0.39 is 20.8 Å². The second-order valence-corrected chi connectivity index (χ2v) is 11.6. The van der Waals surface area contributed by atoms with E-state index >= 15 is 0 Å². The fourth-order valence-corrected chi connectivity index (χ4v) is 3.51. The van der Waals surface area contributed by atoms with Crippen molar-refractivity contribution in [1.29, 1.82) is 0 Å². The van der Waals surface area contributed by atoms with Crippen molar-refractivity contribution in [3.05, 3.63) is 64.7 Å². The molecule has 3 aromatic rings. The Hall–Kier alpha value is -0.487. The van der Waals surface area contributed by atoms with Gasteiger partial charge in [-0.25, -0.2) is 0 Å². The van der Waals surface area contributed by atoms with Gasteiger partial charge in [-0.3, -0.25) is 0 Å². The molecule has 3 rings (SSSR count). The molecule has 0 aliphatic carbocycles. The summed E-state index contributed by atoms with van der Waals surface area (Å²) < 4.78 is 0. The fourth-order valence-electron chi connectivity index (χ4n) is 3.51. The third kappa shape index (κ3) is 5.06. The molecule has 26 heavy (non-hydrogen) atoms. The zero-order valence-corrected chi connectivity index (χ0v) is 20.5. The fraction of sp³-hybridized carbons (Fsp3) is 0.348. The van der Waals surface area contributed by atoms with Crippen LogP contribution in [0.15, 0.2) is 42.5 Å². The summed E-state index contributed by atoms with van der Waals surface area (Å²) in [5, 5.41) is 2.76. The summed E-state index contributed by atoms with van der Waals surface area (Å²) in [4.78, 5) is 0. The van der Waals surface area contributed by atoms with Gasteiger partial charge in [-0.05, 0) is 31.2 Å². The van der Waals surface area contributed by atoms with Gasteiger partial charge >= 0.3 is 37.9 Å². The molecular formula is C23H27Cl2Zr-. The van der Waals surface area contributed by atoms with Gasteiger partial charge in [0.25, 0.3) is 0 Å². The van der Waals surface area contributed by atoms with E-state index in [-0.39, 0.29) is 5.41 Å². The van der Waals surface area contributed by atoms with Crippen LogP contribution in [-0.4, -0.2) is 0 Å². The third-order valence-corrected chi connectivity index (χ3v) is 4.73. The number of fused-ring (bicyclic) bond motifs is 1. The molecule has 0 radical (unpaired) electrons. The van der Waals surface area contributed by atoms with Crippen molar-refractivity contribution in [3.8, 4) is 11.1 Å². The van der Waals surface area contributed by atoms with E-state index in [1.807, 2.05) is 0 Å². The van der Waals surface area contributed by atoms with Crippen LogP contribution in [0.5, 0.6) is 0 Å². The second kappa shape index (κ2) is 9.14. The molecule has 0 nitrogen and oxygen atoms in total. The zero-order chi connectivity index (χ0) is 19.5. The molecule has 0 aliphatic heterocycles. The summed E-state index contributed by atoms with van der Waals surface area (Å²) in [6, 6.07) is 16.3. The summed E-state index contributed by atoms with van der Waals surface area (Å²) in [7, 11) is 9.87. The van der Waals surface area contributed by atoms with Gasteiger partial charge in [0.15, 0.2) is 0 Å². The maximum atomic E-state index is 4.93. The normalized spacial score (nSPS) is 11.2. The molecule has 0 saturated carbocycles. The van der Waals surface area contributed by atoms with Crippen molar-refractivity contribution >= 4 is 27.8 Å². The van der Waals surface area contributed by atoms with Crippen LogP contribution in [0.3, 0.4) is 0 Å². The molecule has 0 bridgehead atoms. The number of rotatable bonds is 2. The Balaban J connectivity index is 0.000000758. The number of hydrogen-bond donors (Lipinski definition) is 0. The van der Waals surface area contributed by atoms with Crippen LogP contribution < -0.4 is 0 Å². The molecule has 0 unspecified atom stereocenters. The first kappa shape index (κ1) is 21.8. The number of halogens is 2. The van der Waals surface area contributed by atoms with Gasteiger partial charge in [0.1, 0.15) is 0 Å². The van der Waals surface area contributed by atoms with Gasteiger partial charge in [0.05, 0.1) is 0 Å². The van der Waals surface area contributed by atoms with Crippen LogP contribution in [0, 0.1) is 13.8 Å². The van der Waals surface area contributed by atoms with E-state index in [1.165, 1.54) is 44.2 Å². The summed E-state index contributed by atoms with van der Waals surface area (Å²) in [5.41, 5.74) is 8.50. The molecule has 0 spiro atoms. The van der Waals surface area contributed by atoms with Gasteiger partial charge in [0.2, 0.25) is 0 Å². The molecule has 138 valence electrons. The summed E-state index contributed by atoms with van der Waals surface area (Å²) >= 11 is -0.826. The Kier molecular flexibility index (Phi) is 7.66. The monoisotopic (exact) mass is 463 g/mol. The van der Waals surface area contributed by atoms with E-state index in [0.717, 1.165) is 6.42 Å². The Morgan fingerprint density at radius 1 is 0.962 bits per heavy atom. The van der Waals surface area contributed by atoms with Crippen molar-refractivity contribution in [2.24, 2.45) is 0 Å². The molecular weight excluding hydrogens is 438 g/mol. The minimum absolute atomic E-state index is 0.186. The zero-order valence-electron chi connectivity index (χ0n) is 16.5. The SMILES string of the molecule is CCc1ccc2[cH-]c(C(C)(C)C)cc2c1-c1cc(C)cc(C)c1.[Cl][Zr][Cl]. The molecule has 0 aliphatic rings. The Labute approximate surface area is 176 Å². The van der Waals surface area contributed by atoms with E-state index in [0.29, 0.717) is 0 Å². The van der Waals surface area contributed by atoms with Crippen LogP contribution in [-0.2, 0) is 32.7 Å². The van der Waals surface area contributed by atoms with Crippen molar-refractivity contribution < 1.29 is 20.8 Å². The standard InChI is InChI=1S/C23H27.2ClH.Zr/c1-7-17-8-9-18-13-20(23(4,5)6)14-21(18)22(17)19-11-15(2)10-16(3)12-19;;;/h8-14H,7H2,1-6H3;2*1H;/q-1;;;+2/p-2. The molecule has 0 aromatic heterocycles. The minimum atomic E-state index is -0.826. The first-order valence-corrected chi connectivity index (χ1v) is 15.3. The van der Waals surface area contributed by atoms with E-state index in [4.69, 9.17) is 17.0 Å². The summed E-state index contributed by atoms with van der Waals surface area (Å²) in [6.45, 7) is 13.5. The third-order valence-electron chi connectivity index (χ3n) is 4.73. The first-order chi connectivity index (χ1) is 12.2. The van der Waals surface area contributed by atoms with Crippen molar-refractivity contribution in [3.63, 3.8) is 0 Å². The average molecular weight is 466 g/mol. The summed E-state index contributed by atoms with van der Waals surface area (Å²) in [6.07, 6.45) is 1.06. The number of benzene rings is 2. The van der Waals surface area contributed by atoms with Crippen LogP contribution in [0.25, 0.3) is 21.9 Å². The molecule has 0 fully saturated rings. The molecule has 3 aromatic carbocycles. The first-order valence-electron chi connectivity index (χ1n) is 8.99. The molecule has 3 heteroatoms. The van der Waals surface area contributed by atoms with Gasteiger partial charge < -0.3 is 0 Å². The molecule has 0 N–H and O–H groups in total. The van der Waals surface area contributed by atoms with Gasteiger partial charge in [-0.1, -0.05) is 68.1 Å². The maximum absolute atomic E-state index is 4.93. The molecule has 0 saturated heterocycles. The van der Waals surface area contributed by atoms with Crippen LogP contribution in [0.4, 0.5) is 0 Å². The van der Waals surface area contributed by atoms with Gasteiger partial charge in [0, 0.05) is 0 Å². The van der Waals surface area contributed by atoms with E-state index in [2.05, 4.69) is 84.0 Å². The summed E-state index contributed by atoms with van der Waals surface area (Å²) in [5.74, 6) is 0. The van der Waals surface area contributed by atoms with Crippen molar-refractivity contribution in [2.45, 2.75) is 53.4 Å². The van der Waals surface area contributed by atoms with Crippen LogP contribution >= 0.6 is 17.0 Å². The average Bonchev–Trinajstić information content (AvgIpc) is 2.98. The molecule has 0 heterocycles. The van der Waals surface area contributed by atoms with Crippen LogP contribution in [0.1, 0.15) is 49.9 Å². The van der Waals surface area contributed by atoms with Gasteiger partial charge in [-0.15, -0.1) is 34.5 Å². The topological polar surface area (TPSA) is 0 Å². The predicted molar refractivity (Wildman–Crippen MR) is 114 cm³/mol. The van der Waals surface area contributed by atoms with Crippen molar-refractivity contribution in [1.82, 2.24) is 0 Å². The van der Waals surface area contributed by atoms with Gasteiger partial charge in [-0.2, -0.15) is 6.07 Å². The Morgan fingerprint density at radius 2 is 1.54 bits per heavy atom. The molecule has 0 atom stereocenters. The van der Waals surface area contributed by atoms with E-state index in [1.54, 1.807) is 0 Å². The number of hydrogen-bond acceptors (Lipinski definition) is 0. The predicted octanol–water partition coefficient (Wildman–Crippen LogP) is 8.08. The Bertz CT molecular complexity index is 865. The Morgan fingerprint density at radius 3 is 2.04 bits per heavy atom.